The van der Waals surface area contributed by atoms with Gasteiger partial charge in [-0.25, -0.2) is 9.50 Å². The van der Waals surface area contributed by atoms with E-state index in [0.29, 0.717) is 17.6 Å². The second-order valence-electron chi connectivity index (χ2n) is 6.24. The molecule has 128 valence electrons. The van der Waals surface area contributed by atoms with Crippen LogP contribution in [0.1, 0.15) is 30.1 Å². The Kier molecular flexibility index (Phi) is 4.82. The van der Waals surface area contributed by atoms with Crippen molar-refractivity contribution in [2.75, 3.05) is 13.1 Å². The minimum atomic E-state index is 0. The van der Waals surface area contributed by atoms with Gasteiger partial charge in [-0.05, 0) is 51.8 Å². The maximum Gasteiger partial charge on any atom is 0.226 e. The largest absolute Gasteiger partial charge is 0.339 e. The Hall–Kier alpha value is -1.99. The van der Waals surface area contributed by atoms with Crippen LogP contribution in [0.15, 0.2) is 16.8 Å². The van der Waals surface area contributed by atoms with E-state index < -0.39 is 0 Å². The molecule has 0 radical (unpaired) electrons. The molecule has 1 N–H and O–H groups in total. The Morgan fingerprint density at radius 3 is 3.00 bits per heavy atom. The third-order valence-corrected chi connectivity index (χ3v) is 4.42. The second-order valence-corrected chi connectivity index (χ2v) is 6.24. The molecule has 0 saturated carbocycles. The summed E-state index contributed by atoms with van der Waals surface area (Å²) in [6.45, 7) is 6.20. The fourth-order valence-electron chi connectivity index (χ4n) is 3.18. The van der Waals surface area contributed by atoms with E-state index >= 15 is 0 Å². The number of halogens is 1. The van der Waals surface area contributed by atoms with Gasteiger partial charge in [0.25, 0.3) is 0 Å². The lowest BCUT2D eigenvalue weighted by atomic mass is 10.0. The van der Waals surface area contributed by atoms with Gasteiger partial charge in [0, 0.05) is 17.8 Å². The summed E-state index contributed by atoms with van der Waals surface area (Å²) in [5.41, 5.74) is 3.58. The minimum absolute atomic E-state index is 0. The van der Waals surface area contributed by atoms with E-state index in [0.717, 1.165) is 48.5 Å². The molecular weight excluding hydrogens is 328 g/mol. The van der Waals surface area contributed by atoms with Crippen LogP contribution in [0.2, 0.25) is 0 Å². The van der Waals surface area contributed by atoms with E-state index in [-0.39, 0.29) is 12.4 Å². The molecule has 1 fully saturated rings. The van der Waals surface area contributed by atoms with E-state index in [1.807, 2.05) is 24.4 Å². The van der Waals surface area contributed by atoms with Crippen LogP contribution < -0.4 is 5.32 Å². The van der Waals surface area contributed by atoms with Crippen molar-refractivity contribution < 1.29 is 4.52 Å². The first-order valence-electron chi connectivity index (χ1n) is 8.06. The summed E-state index contributed by atoms with van der Waals surface area (Å²) in [5, 5.41) is 11.9. The summed E-state index contributed by atoms with van der Waals surface area (Å²) >= 11 is 0. The summed E-state index contributed by atoms with van der Waals surface area (Å²) in [7, 11) is 0. The second kappa shape index (κ2) is 6.86. The maximum atomic E-state index is 5.41. The van der Waals surface area contributed by atoms with Crippen molar-refractivity contribution in [1.82, 2.24) is 30.1 Å². The summed E-state index contributed by atoms with van der Waals surface area (Å²) in [4.78, 5) is 9.09. The van der Waals surface area contributed by atoms with E-state index in [1.165, 1.54) is 6.42 Å². The molecule has 0 aromatic carbocycles. The van der Waals surface area contributed by atoms with Crippen molar-refractivity contribution in [1.29, 1.82) is 0 Å². The molecule has 4 rings (SSSR count). The van der Waals surface area contributed by atoms with Gasteiger partial charge in [-0.3, -0.25) is 0 Å². The number of fused-ring (bicyclic) bond motifs is 1. The van der Waals surface area contributed by atoms with Crippen molar-refractivity contribution in [2.45, 2.75) is 33.1 Å². The van der Waals surface area contributed by atoms with E-state index in [1.54, 1.807) is 6.20 Å². The lowest BCUT2D eigenvalue weighted by Crippen LogP contribution is -2.09. The Labute approximate surface area is 146 Å². The number of hydrogen-bond donors (Lipinski definition) is 1. The fraction of sp³-hybridized carbons (Fsp3) is 0.500. The molecule has 0 amide bonds. The van der Waals surface area contributed by atoms with Crippen LogP contribution in [0.5, 0.6) is 0 Å². The van der Waals surface area contributed by atoms with Crippen LogP contribution in [-0.2, 0) is 6.42 Å². The summed E-state index contributed by atoms with van der Waals surface area (Å²) in [6.07, 6.45) is 4.89. The fourth-order valence-corrected chi connectivity index (χ4v) is 3.18. The van der Waals surface area contributed by atoms with Crippen LogP contribution in [0.25, 0.3) is 17.0 Å². The zero-order valence-corrected chi connectivity index (χ0v) is 14.6. The quantitative estimate of drug-likeness (QED) is 0.779. The Morgan fingerprint density at radius 2 is 2.21 bits per heavy atom. The highest BCUT2D eigenvalue weighted by Crippen LogP contribution is 2.23. The number of nitrogens with zero attached hydrogens (tertiary/aromatic N) is 5. The van der Waals surface area contributed by atoms with Crippen molar-refractivity contribution >= 4 is 18.1 Å². The van der Waals surface area contributed by atoms with Gasteiger partial charge < -0.3 is 9.84 Å². The highest BCUT2D eigenvalue weighted by Gasteiger charge is 2.18. The number of nitrogens with one attached hydrogen (secondary N) is 1. The molecule has 1 atom stereocenters. The highest BCUT2D eigenvalue weighted by molar-refractivity contribution is 5.85. The molecule has 24 heavy (non-hydrogen) atoms. The monoisotopic (exact) mass is 348 g/mol. The molecule has 7 nitrogen and oxygen atoms in total. The third-order valence-electron chi connectivity index (χ3n) is 4.42. The van der Waals surface area contributed by atoms with Crippen LogP contribution in [0, 0.1) is 19.8 Å². The van der Waals surface area contributed by atoms with Gasteiger partial charge in [0.1, 0.15) is 0 Å². The Morgan fingerprint density at radius 1 is 1.33 bits per heavy atom. The lowest BCUT2D eigenvalue weighted by molar-refractivity contribution is 0.365. The van der Waals surface area contributed by atoms with Crippen LogP contribution in [-0.4, -0.2) is 37.8 Å². The van der Waals surface area contributed by atoms with Gasteiger partial charge in [-0.15, -0.1) is 12.4 Å². The number of rotatable bonds is 4. The van der Waals surface area contributed by atoms with Crippen molar-refractivity contribution in [3.8, 4) is 11.4 Å². The first-order valence-corrected chi connectivity index (χ1v) is 8.06. The maximum absolute atomic E-state index is 5.41. The Balaban J connectivity index is 0.00000169. The van der Waals surface area contributed by atoms with Crippen LogP contribution >= 0.6 is 12.4 Å². The smallest absolute Gasteiger partial charge is 0.226 e. The van der Waals surface area contributed by atoms with Crippen molar-refractivity contribution in [3.63, 3.8) is 0 Å². The molecule has 8 heteroatoms. The highest BCUT2D eigenvalue weighted by atomic mass is 35.5. The van der Waals surface area contributed by atoms with Crippen LogP contribution in [0.4, 0.5) is 0 Å². The van der Waals surface area contributed by atoms with Gasteiger partial charge in [0.15, 0.2) is 5.65 Å². The van der Waals surface area contributed by atoms with Gasteiger partial charge in [-0.2, -0.15) is 10.1 Å². The SMILES string of the molecule is Cc1cc(C)n2ncc(-c3noc(CCC4CCNC4)n3)c2n1.Cl. The molecule has 0 bridgehead atoms. The zero-order valence-electron chi connectivity index (χ0n) is 13.8. The predicted molar refractivity (Wildman–Crippen MR) is 92.3 cm³/mol. The standard InChI is InChI=1S/C16H20N6O.ClH/c1-10-7-11(2)22-16(19-10)13(9-18-22)15-20-14(23-21-15)4-3-12-5-6-17-8-12;/h7,9,12,17H,3-6,8H2,1-2H3;1H. The van der Waals surface area contributed by atoms with Gasteiger partial charge in [-0.1, -0.05) is 5.16 Å². The van der Waals surface area contributed by atoms with Gasteiger partial charge in [0.05, 0.1) is 11.8 Å². The van der Waals surface area contributed by atoms with Crippen molar-refractivity contribution in [2.24, 2.45) is 5.92 Å². The number of aryl methyl sites for hydroxylation is 3. The number of hydrogen-bond acceptors (Lipinski definition) is 6. The Bertz CT molecular complexity index is 836. The van der Waals surface area contributed by atoms with E-state index in [4.69, 9.17) is 4.52 Å². The molecule has 3 aromatic rings. The molecule has 1 saturated heterocycles. The average molecular weight is 349 g/mol. The molecule has 3 aromatic heterocycles. The van der Waals surface area contributed by atoms with Gasteiger partial charge in [0.2, 0.25) is 11.7 Å². The molecule has 1 aliphatic heterocycles. The third kappa shape index (κ3) is 3.14. The van der Waals surface area contributed by atoms with E-state index in [9.17, 15) is 0 Å². The summed E-state index contributed by atoms with van der Waals surface area (Å²) in [5.74, 6) is 1.97. The minimum Gasteiger partial charge on any atom is -0.339 e. The predicted octanol–water partition coefficient (Wildman–Crippen LogP) is 2.36. The molecule has 1 unspecified atom stereocenters. The first-order chi connectivity index (χ1) is 11.2. The molecule has 1 aliphatic rings. The molecule has 0 spiro atoms. The molecular formula is C16H21ClN6O. The molecule has 4 heterocycles. The number of aromatic nitrogens is 5. The zero-order chi connectivity index (χ0) is 15.8. The topological polar surface area (TPSA) is 81.1 Å². The van der Waals surface area contributed by atoms with Crippen molar-refractivity contribution in [3.05, 3.63) is 29.5 Å². The normalized spacial score (nSPS) is 17.3. The average Bonchev–Trinajstić information content (AvgIpc) is 3.25. The van der Waals surface area contributed by atoms with E-state index in [2.05, 4.69) is 25.5 Å². The van der Waals surface area contributed by atoms with Crippen LogP contribution in [0.3, 0.4) is 0 Å². The van der Waals surface area contributed by atoms with Gasteiger partial charge >= 0.3 is 0 Å². The first kappa shape index (κ1) is 16.9. The molecule has 0 aliphatic carbocycles. The summed E-state index contributed by atoms with van der Waals surface area (Å²) in [6, 6.07) is 2.00. The lowest BCUT2D eigenvalue weighted by Gasteiger charge is -2.03. The summed E-state index contributed by atoms with van der Waals surface area (Å²) < 4.78 is 7.22.